The number of nitriles is 1. The number of rotatable bonds is 3. The maximum Gasteiger partial charge on any atom is 0.266 e. The van der Waals surface area contributed by atoms with Crippen LogP contribution in [0.1, 0.15) is 5.56 Å². The molecule has 0 radical (unpaired) electrons. The van der Waals surface area contributed by atoms with Gasteiger partial charge < -0.3 is 10.4 Å². The predicted molar refractivity (Wildman–Crippen MR) is 97.1 cm³/mol. The Bertz CT molecular complexity index is 846. The summed E-state index contributed by atoms with van der Waals surface area (Å²) < 4.78 is 14.8. The quantitative estimate of drug-likeness (QED) is 0.382. The molecule has 2 aromatic rings. The second-order valence-corrected chi connectivity index (χ2v) is 6.51. The molecule has 0 bridgehead atoms. The van der Waals surface area contributed by atoms with E-state index in [1.54, 1.807) is 24.3 Å². The van der Waals surface area contributed by atoms with Gasteiger partial charge in [0.1, 0.15) is 23.2 Å². The SMILES string of the molecule is N#C/C(=C\c1cc(Br)cc(I)c1O)C(=O)Nc1ccccc1F. The summed E-state index contributed by atoms with van der Waals surface area (Å²) in [5, 5.41) is 21.5. The number of nitrogens with one attached hydrogen (secondary N) is 1. The Balaban J connectivity index is 2.35. The largest absolute Gasteiger partial charge is 0.506 e. The van der Waals surface area contributed by atoms with Crippen molar-refractivity contribution in [2.45, 2.75) is 0 Å². The first-order valence-corrected chi connectivity index (χ1v) is 8.15. The Labute approximate surface area is 153 Å². The van der Waals surface area contributed by atoms with Gasteiger partial charge in [0, 0.05) is 10.0 Å². The average molecular weight is 487 g/mol. The second kappa shape index (κ2) is 7.57. The normalized spacial score (nSPS) is 11.0. The summed E-state index contributed by atoms with van der Waals surface area (Å²) in [6.45, 7) is 0. The number of benzene rings is 2. The lowest BCUT2D eigenvalue weighted by atomic mass is 10.1. The van der Waals surface area contributed by atoms with Crippen LogP contribution in [0.3, 0.4) is 0 Å². The molecule has 0 fully saturated rings. The molecular weight excluding hydrogens is 478 g/mol. The Hall–Kier alpha value is -1.92. The van der Waals surface area contributed by atoms with Gasteiger partial charge >= 0.3 is 0 Å². The number of phenols is 1. The molecule has 2 rings (SSSR count). The van der Waals surface area contributed by atoms with Gasteiger partial charge in [-0.05, 0) is 52.9 Å². The lowest BCUT2D eigenvalue weighted by molar-refractivity contribution is -0.112. The number of anilines is 1. The van der Waals surface area contributed by atoms with Gasteiger partial charge in [0.15, 0.2) is 0 Å². The van der Waals surface area contributed by atoms with Gasteiger partial charge in [-0.2, -0.15) is 5.26 Å². The number of nitrogens with zero attached hydrogens (tertiary/aromatic N) is 1. The molecule has 1 amide bonds. The van der Waals surface area contributed by atoms with Crippen molar-refractivity contribution in [1.29, 1.82) is 5.26 Å². The highest BCUT2D eigenvalue weighted by atomic mass is 127. The van der Waals surface area contributed by atoms with Crippen LogP contribution in [-0.2, 0) is 4.79 Å². The Kier molecular flexibility index (Phi) is 5.74. The van der Waals surface area contributed by atoms with Crippen LogP contribution in [0.25, 0.3) is 6.08 Å². The molecule has 0 aliphatic heterocycles. The van der Waals surface area contributed by atoms with E-state index in [9.17, 15) is 14.3 Å². The lowest BCUT2D eigenvalue weighted by Gasteiger charge is -2.07. The molecule has 116 valence electrons. The predicted octanol–water partition coefficient (Wildman–Crippen LogP) is 4.44. The highest BCUT2D eigenvalue weighted by molar-refractivity contribution is 14.1. The summed E-state index contributed by atoms with van der Waals surface area (Å²) in [5.74, 6) is -1.40. The molecule has 0 unspecified atom stereocenters. The minimum atomic E-state index is -0.757. The van der Waals surface area contributed by atoms with E-state index in [2.05, 4.69) is 21.2 Å². The van der Waals surface area contributed by atoms with Crippen molar-refractivity contribution < 1.29 is 14.3 Å². The van der Waals surface area contributed by atoms with Crippen molar-refractivity contribution in [3.05, 3.63) is 61.4 Å². The number of aromatic hydroxyl groups is 1. The fraction of sp³-hybridized carbons (Fsp3) is 0. The fourth-order valence-corrected chi connectivity index (χ4v) is 3.30. The maximum atomic E-state index is 13.5. The molecular formula is C16H9BrFIN2O2. The standard InChI is InChI=1S/C16H9BrFIN2O2/c17-11-6-9(15(22)13(19)7-11)5-10(8-20)16(23)21-14-4-2-1-3-12(14)18/h1-7,22H,(H,21,23)/b10-5+. The zero-order valence-corrected chi connectivity index (χ0v) is 15.2. The number of para-hydroxylation sites is 1. The first-order chi connectivity index (χ1) is 10.9. The molecule has 0 spiro atoms. The molecule has 0 aromatic heterocycles. The third kappa shape index (κ3) is 4.30. The van der Waals surface area contributed by atoms with Crippen LogP contribution in [0.4, 0.5) is 10.1 Å². The maximum absolute atomic E-state index is 13.5. The van der Waals surface area contributed by atoms with Crippen molar-refractivity contribution in [1.82, 2.24) is 0 Å². The van der Waals surface area contributed by atoms with Gasteiger partial charge in [-0.1, -0.05) is 28.1 Å². The molecule has 2 N–H and O–H groups in total. The molecule has 4 nitrogen and oxygen atoms in total. The highest BCUT2D eigenvalue weighted by Gasteiger charge is 2.14. The van der Waals surface area contributed by atoms with E-state index in [0.717, 1.165) is 0 Å². The van der Waals surface area contributed by atoms with Gasteiger partial charge in [0.05, 0.1) is 9.26 Å². The molecule has 0 atom stereocenters. The minimum Gasteiger partial charge on any atom is -0.506 e. The number of phenolic OH excluding ortho intramolecular Hbond substituents is 1. The topological polar surface area (TPSA) is 73.1 Å². The Morgan fingerprint density at radius 1 is 1.39 bits per heavy atom. The van der Waals surface area contributed by atoms with Gasteiger partial charge in [-0.3, -0.25) is 4.79 Å². The van der Waals surface area contributed by atoms with Crippen molar-refractivity contribution in [2.75, 3.05) is 5.32 Å². The molecule has 0 saturated heterocycles. The Morgan fingerprint density at radius 2 is 2.09 bits per heavy atom. The first-order valence-electron chi connectivity index (χ1n) is 6.28. The van der Waals surface area contributed by atoms with Gasteiger partial charge in [-0.25, -0.2) is 4.39 Å². The lowest BCUT2D eigenvalue weighted by Crippen LogP contribution is -2.14. The van der Waals surface area contributed by atoms with Crippen molar-refractivity contribution >= 4 is 56.2 Å². The van der Waals surface area contributed by atoms with E-state index < -0.39 is 11.7 Å². The van der Waals surface area contributed by atoms with Crippen LogP contribution in [0.15, 0.2) is 46.4 Å². The average Bonchev–Trinajstić information content (AvgIpc) is 2.51. The molecule has 0 heterocycles. The van der Waals surface area contributed by atoms with Gasteiger partial charge in [-0.15, -0.1) is 0 Å². The monoisotopic (exact) mass is 486 g/mol. The van der Waals surface area contributed by atoms with Crippen molar-refractivity contribution in [3.8, 4) is 11.8 Å². The number of carbonyl (C=O) groups excluding carboxylic acids is 1. The van der Waals surface area contributed by atoms with Crippen LogP contribution in [-0.4, -0.2) is 11.0 Å². The smallest absolute Gasteiger partial charge is 0.266 e. The van der Waals surface area contributed by atoms with E-state index in [0.29, 0.717) is 13.6 Å². The van der Waals surface area contributed by atoms with E-state index >= 15 is 0 Å². The van der Waals surface area contributed by atoms with E-state index in [4.69, 9.17) is 5.26 Å². The zero-order valence-electron chi connectivity index (χ0n) is 11.5. The minimum absolute atomic E-state index is 0.0216. The number of carbonyl (C=O) groups is 1. The third-order valence-corrected chi connectivity index (χ3v) is 4.12. The van der Waals surface area contributed by atoms with Crippen LogP contribution in [0.2, 0.25) is 0 Å². The first kappa shape index (κ1) is 17.4. The van der Waals surface area contributed by atoms with Gasteiger partial charge in [0.2, 0.25) is 0 Å². The summed E-state index contributed by atoms with van der Waals surface area (Å²) in [4.78, 5) is 12.1. The summed E-state index contributed by atoms with van der Waals surface area (Å²) in [5.41, 5.74) is 0.0353. The molecule has 0 aliphatic rings. The van der Waals surface area contributed by atoms with Crippen LogP contribution < -0.4 is 5.32 Å². The number of halogens is 3. The van der Waals surface area contributed by atoms with Crippen molar-refractivity contribution in [3.63, 3.8) is 0 Å². The molecule has 0 saturated carbocycles. The van der Waals surface area contributed by atoms with Gasteiger partial charge in [0.25, 0.3) is 5.91 Å². The van der Waals surface area contributed by atoms with Crippen LogP contribution in [0, 0.1) is 20.7 Å². The third-order valence-electron chi connectivity index (χ3n) is 2.84. The molecule has 0 aliphatic carbocycles. The number of hydrogen-bond acceptors (Lipinski definition) is 3. The fourth-order valence-electron chi connectivity index (χ4n) is 1.75. The number of amides is 1. The Morgan fingerprint density at radius 3 is 2.74 bits per heavy atom. The van der Waals surface area contributed by atoms with E-state index in [1.807, 2.05) is 22.6 Å². The van der Waals surface area contributed by atoms with E-state index in [1.165, 1.54) is 24.3 Å². The summed E-state index contributed by atoms with van der Waals surface area (Å²) in [7, 11) is 0. The van der Waals surface area contributed by atoms with Crippen LogP contribution >= 0.6 is 38.5 Å². The summed E-state index contributed by atoms with van der Waals surface area (Å²) >= 11 is 5.21. The summed E-state index contributed by atoms with van der Waals surface area (Å²) in [6.07, 6.45) is 1.25. The zero-order chi connectivity index (χ0) is 17.0. The molecule has 23 heavy (non-hydrogen) atoms. The van der Waals surface area contributed by atoms with Crippen molar-refractivity contribution in [2.24, 2.45) is 0 Å². The second-order valence-electron chi connectivity index (χ2n) is 4.43. The molecule has 7 heteroatoms. The highest BCUT2D eigenvalue weighted by Crippen LogP contribution is 2.30. The number of hydrogen-bond donors (Lipinski definition) is 2. The van der Waals surface area contributed by atoms with Crippen LogP contribution in [0.5, 0.6) is 5.75 Å². The summed E-state index contributed by atoms with van der Waals surface area (Å²) in [6, 6.07) is 10.7. The van der Waals surface area contributed by atoms with E-state index in [-0.39, 0.29) is 17.0 Å². The molecule has 2 aromatic carbocycles.